The van der Waals surface area contributed by atoms with Gasteiger partial charge in [-0.25, -0.2) is 14.0 Å². The lowest BCUT2D eigenvalue weighted by molar-refractivity contribution is 0.250. The lowest BCUT2D eigenvalue weighted by Crippen LogP contribution is -2.42. The highest BCUT2D eigenvalue weighted by atomic mass is 19.1. The molecule has 0 radical (unpaired) electrons. The van der Waals surface area contributed by atoms with Crippen LogP contribution in [0.5, 0.6) is 0 Å². The Kier molecular flexibility index (Phi) is 7.00. The maximum absolute atomic E-state index is 13.3. The molecular weight excluding hydrogens is 383 g/mol. The van der Waals surface area contributed by atoms with Gasteiger partial charge >= 0.3 is 12.1 Å². The minimum Gasteiger partial charge on any atom is -0.336 e. The minimum absolute atomic E-state index is 0.200. The molecule has 0 aliphatic heterocycles. The summed E-state index contributed by atoms with van der Waals surface area (Å²) in [5.41, 5.74) is 2.88. The summed E-state index contributed by atoms with van der Waals surface area (Å²) in [6.07, 6.45) is 0. The highest BCUT2D eigenvalue weighted by molar-refractivity contribution is 6.01. The Morgan fingerprint density at radius 2 is 1.57 bits per heavy atom. The molecule has 0 saturated heterocycles. The average Bonchev–Trinajstić information content (AvgIpc) is 2.73. The molecule has 0 aliphatic carbocycles. The maximum Gasteiger partial charge on any atom is 0.326 e. The lowest BCUT2D eigenvalue weighted by Gasteiger charge is -2.23. The van der Waals surface area contributed by atoms with Crippen LogP contribution in [0.1, 0.15) is 5.56 Å². The van der Waals surface area contributed by atoms with E-state index in [1.54, 1.807) is 18.2 Å². The summed E-state index contributed by atoms with van der Waals surface area (Å²) in [6, 6.07) is 21.3. The molecule has 0 saturated carbocycles. The van der Waals surface area contributed by atoms with Gasteiger partial charge in [0.05, 0.1) is 0 Å². The van der Waals surface area contributed by atoms with Crippen molar-refractivity contribution in [1.82, 2.24) is 5.32 Å². The Balaban J connectivity index is 1.62. The van der Waals surface area contributed by atoms with Crippen LogP contribution >= 0.6 is 0 Å². The first-order valence-electron chi connectivity index (χ1n) is 9.52. The van der Waals surface area contributed by atoms with E-state index in [2.05, 4.69) is 16.0 Å². The first-order valence-corrected chi connectivity index (χ1v) is 9.52. The van der Waals surface area contributed by atoms with E-state index in [0.717, 1.165) is 5.56 Å². The number of carbonyl (C=O) groups is 2. The molecule has 4 amide bonds. The highest BCUT2D eigenvalue weighted by Crippen LogP contribution is 2.17. The lowest BCUT2D eigenvalue weighted by atomic mass is 10.2. The Hall–Kier alpha value is -3.87. The van der Waals surface area contributed by atoms with Gasteiger partial charge in [-0.2, -0.15) is 0 Å². The van der Waals surface area contributed by atoms with Gasteiger partial charge in [-0.05, 0) is 61.0 Å². The summed E-state index contributed by atoms with van der Waals surface area (Å²) >= 11 is 0. The number of urea groups is 2. The smallest absolute Gasteiger partial charge is 0.326 e. The Bertz CT molecular complexity index is 994. The van der Waals surface area contributed by atoms with Crippen molar-refractivity contribution >= 4 is 29.1 Å². The number of hydrogen-bond acceptors (Lipinski definition) is 2. The van der Waals surface area contributed by atoms with Crippen LogP contribution in [0.25, 0.3) is 0 Å². The Morgan fingerprint density at radius 1 is 0.867 bits per heavy atom. The second-order valence-electron chi connectivity index (χ2n) is 6.67. The topological polar surface area (TPSA) is 73.5 Å². The summed E-state index contributed by atoms with van der Waals surface area (Å²) in [4.78, 5) is 26.4. The molecule has 0 heterocycles. The van der Waals surface area contributed by atoms with E-state index in [0.29, 0.717) is 17.1 Å². The van der Waals surface area contributed by atoms with Crippen LogP contribution < -0.4 is 20.9 Å². The van der Waals surface area contributed by atoms with Crippen molar-refractivity contribution in [2.45, 2.75) is 6.92 Å². The standard InChI is InChI=1S/C23H23FN4O2/c1-17-6-5-9-20(16-17)26-22(29)25-14-15-28(21-12-10-18(24)11-13-21)23(30)27-19-7-3-2-4-8-19/h2-13,16H,14-15H2,1H3,(H,27,30)(H2,25,26,29). The SMILES string of the molecule is Cc1cccc(NC(=O)NCCN(C(=O)Nc2ccccc2)c2ccc(F)cc2)c1. The molecule has 0 atom stereocenters. The molecule has 3 N–H and O–H groups in total. The molecule has 3 rings (SSSR count). The van der Waals surface area contributed by atoms with Gasteiger partial charge in [-0.15, -0.1) is 0 Å². The molecule has 7 heteroatoms. The number of carbonyl (C=O) groups excluding carboxylic acids is 2. The number of nitrogens with zero attached hydrogens (tertiary/aromatic N) is 1. The van der Waals surface area contributed by atoms with Crippen LogP contribution in [-0.2, 0) is 0 Å². The molecular formula is C23H23FN4O2. The largest absolute Gasteiger partial charge is 0.336 e. The predicted octanol–water partition coefficient (Wildman–Crippen LogP) is 4.99. The molecule has 3 aromatic rings. The van der Waals surface area contributed by atoms with Gasteiger partial charge in [0.25, 0.3) is 0 Å². The van der Waals surface area contributed by atoms with Gasteiger partial charge < -0.3 is 16.0 Å². The zero-order chi connectivity index (χ0) is 21.3. The summed E-state index contributed by atoms with van der Waals surface area (Å²) in [5.74, 6) is -0.391. The zero-order valence-corrected chi connectivity index (χ0v) is 16.6. The van der Waals surface area contributed by atoms with Crippen molar-refractivity contribution < 1.29 is 14.0 Å². The zero-order valence-electron chi connectivity index (χ0n) is 16.6. The van der Waals surface area contributed by atoms with Crippen molar-refractivity contribution in [3.05, 3.63) is 90.2 Å². The van der Waals surface area contributed by atoms with Gasteiger partial charge in [0.2, 0.25) is 0 Å². The fourth-order valence-electron chi connectivity index (χ4n) is 2.86. The number of hydrogen-bond donors (Lipinski definition) is 3. The number of aryl methyl sites for hydroxylation is 1. The van der Waals surface area contributed by atoms with E-state index in [1.165, 1.54) is 29.2 Å². The predicted molar refractivity (Wildman–Crippen MR) is 117 cm³/mol. The Labute approximate surface area is 174 Å². The molecule has 30 heavy (non-hydrogen) atoms. The van der Waals surface area contributed by atoms with Gasteiger partial charge in [-0.1, -0.05) is 30.3 Å². The van der Waals surface area contributed by atoms with Crippen molar-refractivity contribution in [2.24, 2.45) is 0 Å². The molecule has 0 aromatic heterocycles. The summed E-state index contributed by atoms with van der Waals surface area (Å²) in [7, 11) is 0. The van der Waals surface area contributed by atoms with E-state index >= 15 is 0 Å². The minimum atomic E-state index is -0.391. The fourth-order valence-corrected chi connectivity index (χ4v) is 2.86. The van der Waals surface area contributed by atoms with Crippen molar-refractivity contribution in [3.8, 4) is 0 Å². The van der Waals surface area contributed by atoms with Crippen molar-refractivity contribution in [1.29, 1.82) is 0 Å². The van der Waals surface area contributed by atoms with E-state index in [4.69, 9.17) is 0 Å². The van der Waals surface area contributed by atoms with E-state index in [9.17, 15) is 14.0 Å². The molecule has 0 fully saturated rings. The maximum atomic E-state index is 13.3. The molecule has 6 nitrogen and oxygen atoms in total. The van der Waals surface area contributed by atoms with Gasteiger partial charge in [0.1, 0.15) is 5.82 Å². The second kappa shape index (κ2) is 10.1. The molecule has 3 aromatic carbocycles. The number of anilines is 3. The number of halogens is 1. The van der Waals surface area contributed by atoms with Crippen LogP contribution in [0.2, 0.25) is 0 Å². The second-order valence-corrected chi connectivity index (χ2v) is 6.67. The molecule has 154 valence electrons. The normalized spacial score (nSPS) is 10.2. The fraction of sp³-hybridized carbons (Fsp3) is 0.130. The monoisotopic (exact) mass is 406 g/mol. The van der Waals surface area contributed by atoms with Crippen LogP contribution in [0.3, 0.4) is 0 Å². The van der Waals surface area contributed by atoms with Crippen molar-refractivity contribution in [3.63, 3.8) is 0 Å². The number of nitrogens with one attached hydrogen (secondary N) is 3. The van der Waals surface area contributed by atoms with Crippen LogP contribution in [-0.4, -0.2) is 25.2 Å². The third-order valence-electron chi connectivity index (χ3n) is 4.31. The van der Waals surface area contributed by atoms with E-state index in [-0.39, 0.29) is 25.2 Å². The van der Waals surface area contributed by atoms with Crippen LogP contribution in [0, 0.1) is 12.7 Å². The molecule has 0 aliphatic rings. The van der Waals surface area contributed by atoms with Gasteiger partial charge in [0.15, 0.2) is 0 Å². The summed E-state index contributed by atoms with van der Waals surface area (Å²) < 4.78 is 13.3. The number of para-hydroxylation sites is 1. The molecule has 0 spiro atoms. The number of benzene rings is 3. The van der Waals surface area contributed by atoms with Gasteiger partial charge in [0, 0.05) is 30.2 Å². The molecule has 0 unspecified atom stereocenters. The third-order valence-corrected chi connectivity index (χ3v) is 4.31. The first kappa shape index (κ1) is 20.9. The van der Waals surface area contributed by atoms with E-state index < -0.39 is 5.82 Å². The van der Waals surface area contributed by atoms with E-state index in [1.807, 2.05) is 43.3 Å². The summed E-state index contributed by atoms with van der Waals surface area (Å²) in [5, 5.41) is 8.29. The highest BCUT2D eigenvalue weighted by Gasteiger charge is 2.16. The quantitative estimate of drug-likeness (QED) is 0.539. The van der Waals surface area contributed by atoms with Crippen LogP contribution in [0.4, 0.5) is 31.0 Å². The van der Waals surface area contributed by atoms with Gasteiger partial charge in [-0.3, -0.25) is 4.90 Å². The first-order chi connectivity index (χ1) is 14.5. The van der Waals surface area contributed by atoms with Crippen molar-refractivity contribution in [2.75, 3.05) is 28.6 Å². The van der Waals surface area contributed by atoms with Crippen LogP contribution in [0.15, 0.2) is 78.9 Å². The molecule has 0 bridgehead atoms. The average molecular weight is 406 g/mol. The Morgan fingerprint density at radius 3 is 2.27 bits per heavy atom. The number of rotatable bonds is 6. The summed E-state index contributed by atoms with van der Waals surface area (Å²) in [6.45, 7) is 2.35. The number of amides is 4. The third kappa shape index (κ3) is 6.07.